The summed E-state index contributed by atoms with van der Waals surface area (Å²) in [6.07, 6.45) is 4.50. The van der Waals surface area contributed by atoms with Crippen LogP contribution in [0.1, 0.15) is 26.3 Å². The summed E-state index contributed by atoms with van der Waals surface area (Å²) in [7, 11) is 0. The van der Waals surface area contributed by atoms with Gasteiger partial charge in [-0.2, -0.15) is 0 Å². The predicted molar refractivity (Wildman–Crippen MR) is 102 cm³/mol. The van der Waals surface area contributed by atoms with Crippen LogP contribution in [-0.2, 0) is 0 Å². The molecule has 0 saturated heterocycles. The summed E-state index contributed by atoms with van der Waals surface area (Å²) in [5.74, 6) is 0. The minimum Gasteiger partial charge on any atom is -0.314 e. The average Bonchev–Trinajstić information content (AvgIpc) is 2.98. The van der Waals surface area contributed by atoms with Crippen molar-refractivity contribution in [1.29, 1.82) is 0 Å². The Morgan fingerprint density at radius 1 is 1.29 bits per heavy atom. The van der Waals surface area contributed by atoms with Crippen LogP contribution < -0.4 is 4.80 Å². The minimum atomic E-state index is 0.299. The number of halogens is 2. The summed E-state index contributed by atoms with van der Waals surface area (Å²) >= 11 is 14.1. The van der Waals surface area contributed by atoms with E-state index in [0.29, 0.717) is 16.1 Å². The van der Waals surface area contributed by atoms with Gasteiger partial charge in [0, 0.05) is 28.2 Å². The van der Waals surface area contributed by atoms with E-state index in [2.05, 4.69) is 28.8 Å². The van der Waals surface area contributed by atoms with Crippen LogP contribution >= 0.6 is 34.5 Å². The molecule has 0 N–H and O–H groups in total. The van der Waals surface area contributed by atoms with Gasteiger partial charge in [-0.3, -0.25) is 4.98 Å². The van der Waals surface area contributed by atoms with Crippen molar-refractivity contribution < 1.29 is 0 Å². The average molecular weight is 378 g/mol. The predicted octanol–water partition coefficient (Wildman–Crippen LogP) is 6.12. The van der Waals surface area contributed by atoms with Crippen LogP contribution in [0.4, 0.5) is 5.69 Å². The van der Waals surface area contributed by atoms with E-state index in [9.17, 15) is 0 Å². The summed E-state index contributed by atoms with van der Waals surface area (Å²) in [5.41, 5.74) is 2.86. The number of rotatable bonds is 4. The smallest absolute Gasteiger partial charge is 0.190 e. The molecule has 1 aromatic carbocycles. The summed E-state index contributed by atoms with van der Waals surface area (Å²) in [5, 5.41) is 3.37. The highest BCUT2D eigenvalue weighted by Crippen LogP contribution is 2.32. The summed E-state index contributed by atoms with van der Waals surface area (Å²) in [4.78, 5) is 9.81. The lowest BCUT2D eigenvalue weighted by Crippen LogP contribution is -2.19. The Bertz CT molecular complexity index is 900. The highest BCUT2D eigenvalue weighted by Gasteiger charge is 2.15. The van der Waals surface area contributed by atoms with Crippen LogP contribution in [0.3, 0.4) is 0 Å². The fourth-order valence-electron chi connectivity index (χ4n) is 2.43. The second kappa shape index (κ2) is 7.51. The van der Waals surface area contributed by atoms with Gasteiger partial charge in [0.2, 0.25) is 0 Å². The van der Waals surface area contributed by atoms with Gasteiger partial charge in [0.1, 0.15) is 0 Å². The SMILES string of the molecule is CCC(C)n1c(-c2ccc(Cl)cc2Cl)csc1=Nc1cccnc1. The van der Waals surface area contributed by atoms with Gasteiger partial charge >= 0.3 is 0 Å². The molecule has 0 aliphatic rings. The first-order valence-electron chi connectivity index (χ1n) is 7.70. The molecule has 0 spiro atoms. The van der Waals surface area contributed by atoms with Gasteiger partial charge in [0.15, 0.2) is 4.80 Å². The second-order valence-electron chi connectivity index (χ2n) is 5.48. The zero-order chi connectivity index (χ0) is 17.1. The largest absolute Gasteiger partial charge is 0.314 e. The van der Waals surface area contributed by atoms with E-state index < -0.39 is 0 Å². The first-order valence-corrected chi connectivity index (χ1v) is 9.34. The molecule has 0 amide bonds. The molecule has 0 aliphatic heterocycles. The van der Waals surface area contributed by atoms with E-state index in [1.807, 2.05) is 24.3 Å². The molecule has 2 heterocycles. The maximum Gasteiger partial charge on any atom is 0.190 e. The first-order chi connectivity index (χ1) is 11.6. The molecule has 0 fully saturated rings. The third kappa shape index (κ3) is 3.56. The van der Waals surface area contributed by atoms with Gasteiger partial charge in [-0.25, -0.2) is 4.99 Å². The molecule has 0 bridgehead atoms. The van der Waals surface area contributed by atoms with Gasteiger partial charge in [0.25, 0.3) is 0 Å². The lowest BCUT2D eigenvalue weighted by Gasteiger charge is -2.16. The molecule has 24 heavy (non-hydrogen) atoms. The highest BCUT2D eigenvalue weighted by molar-refractivity contribution is 7.07. The molecule has 3 rings (SSSR count). The maximum absolute atomic E-state index is 6.42. The van der Waals surface area contributed by atoms with E-state index >= 15 is 0 Å². The number of hydrogen-bond acceptors (Lipinski definition) is 3. The molecule has 3 nitrogen and oxygen atoms in total. The van der Waals surface area contributed by atoms with E-state index in [1.165, 1.54) is 0 Å². The van der Waals surface area contributed by atoms with E-state index in [-0.39, 0.29) is 0 Å². The molecule has 0 saturated carbocycles. The molecule has 0 radical (unpaired) electrons. The molecule has 0 aliphatic carbocycles. The zero-order valence-corrected chi connectivity index (χ0v) is 15.7. The monoisotopic (exact) mass is 377 g/mol. The van der Waals surface area contributed by atoms with E-state index in [4.69, 9.17) is 28.2 Å². The number of benzene rings is 1. The lowest BCUT2D eigenvalue weighted by atomic mass is 10.1. The minimum absolute atomic E-state index is 0.299. The van der Waals surface area contributed by atoms with Crippen molar-refractivity contribution in [2.45, 2.75) is 26.3 Å². The Labute approximate surface area is 155 Å². The Kier molecular flexibility index (Phi) is 5.39. The van der Waals surface area contributed by atoms with Crippen molar-refractivity contribution in [2.75, 3.05) is 0 Å². The molecule has 1 atom stereocenters. The number of nitrogens with zero attached hydrogens (tertiary/aromatic N) is 3. The third-order valence-corrected chi connectivity index (χ3v) is 5.24. The Morgan fingerprint density at radius 2 is 2.12 bits per heavy atom. The fourth-order valence-corrected chi connectivity index (χ4v) is 3.95. The van der Waals surface area contributed by atoms with Gasteiger partial charge < -0.3 is 4.57 Å². The Morgan fingerprint density at radius 3 is 2.79 bits per heavy atom. The lowest BCUT2D eigenvalue weighted by molar-refractivity contribution is 0.524. The van der Waals surface area contributed by atoms with Gasteiger partial charge in [-0.1, -0.05) is 30.1 Å². The normalized spacial score (nSPS) is 13.2. The van der Waals surface area contributed by atoms with Crippen molar-refractivity contribution in [1.82, 2.24) is 9.55 Å². The van der Waals surface area contributed by atoms with Gasteiger partial charge in [-0.15, -0.1) is 11.3 Å². The summed E-state index contributed by atoms with van der Waals surface area (Å²) in [6.45, 7) is 4.35. The maximum atomic E-state index is 6.42. The quantitative estimate of drug-likeness (QED) is 0.538. The van der Waals surface area contributed by atoms with Crippen LogP contribution in [0.15, 0.2) is 53.1 Å². The standard InChI is InChI=1S/C18H17Cl2N3S/c1-3-12(2)23-17(15-7-6-13(19)9-16(15)20)11-24-18(23)22-14-5-4-8-21-10-14/h4-12H,3H2,1-2H3. The van der Waals surface area contributed by atoms with Crippen molar-refractivity contribution in [3.05, 3.63) is 63.0 Å². The van der Waals surface area contributed by atoms with Crippen LogP contribution in [0.5, 0.6) is 0 Å². The molecular weight excluding hydrogens is 361 g/mol. The fraction of sp³-hybridized carbons (Fsp3) is 0.222. The van der Waals surface area contributed by atoms with Crippen molar-refractivity contribution in [3.63, 3.8) is 0 Å². The first kappa shape index (κ1) is 17.2. The summed E-state index contributed by atoms with van der Waals surface area (Å²) < 4.78 is 2.23. The third-order valence-electron chi connectivity index (χ3n) is 3.85. The number of hydrogen-bond donors (Lipinski definition) is 0. The Hall–Kier alpha value is -1.62. The van der Waals surface area contributed by atoms with Crippen molar-refractivity contribution in [3.8, 4) is 11.3 Å². The molecule has 124 valence electrons. The molecule has 3 aromatic rings. The highest BCUT2D eigenvalue weighted by atomic mass is 35.5. The Balaban J connectivity index is 2.20. The number of aromatic nitrogens is 2. The second-order valence-corrected chi connectivity index (χ2v) is 7.16. The van der Waals surface area contributed by atoms with Gasteiger partial charge in [-0.05, 0) is 43.7 Å². The van der Waals surface area contributed by atoms with Crippen LogP contribution in [-0.4, -0.2) is 9.55 Å². The number of thiazole rings is 1. The van der Waals surface area contributed by atoms with E-state index in [1.54, 1.807) is 29.8 Å². The van der Waals surface area contributed by atoms with E-state index in [0.717, 1.165) is 28.2 Å². The molecule has 2 aromatic heterocycles. The molecule has 1 unspecified atom stereocenters. The van der Waals surface area contributed by atoms with Crippen LogP contribution in [0.2, 0.25) is 10.0 Å². The summed E-state index contributed by atoms with van der Waals surface area (Å²) in [6, 6.07) is 9.72. The van der Waals surface area contributed by atoms with Gasteiger partial charge in [0.05, 0.1) is 22.6 Å². The topological polar surface area (TPSA) is 30.2 Å². The van der Waals surface area contributed by atoms with Crippen molar-refractivity contribution >= 4 is 40.2 Å². The van der Waals surface area contributed by atoms with Crippen LogP contribution in [0.25, 0.3) is 11.3 Å². The molecule has 6 heteroatoms. The van der Waals surface area contributed by atoms with Crippen LogP contribution in [0, 0.1) is 0 Å². The van der Waals surface area contributed by atoms with Crippen molar-refractivity contribution in [2.24, 2.45) is 4.99 Å². The number of pyridine rings is 1. The molecular formula is C18H17Cl2N3S. The zero-order valence-electron chi connectivity index (χ0n) is 13.4.